The van der Waals surface area contributed by atoms with E-state index >= 15 is 0 Å². The second-order valence-electron chi connectivity index (χ2n) is 6.54. The van der Waals surface area contributed by atoms with Crippen LogP contribution < -0.4 is 0 Å². The molecule has 1 fully saturated rings. The molecule has 1 aliphatic rings. The summed E-state index contributed by atoms with van der Waals surface area (Å²) >= 11 is 0. The molecule has 0 amide bonds. The predicted octanol–water partition coefficient (Wildman–Crippen LogP) is 2.72. The third kappa shape index (κ3) is 1.96. The zero-order valence-electron chi connectivity index (χ0n) is 11.1. The smallest absolute Gasteiger partial charge is 0.129 e. The molecule has 0 spiro atoms. The van der Waals surface area contributed by atoms with Gasteiger partial charge >= 0.3 is 0 Å². The molecule has 0 saturated carbocycles. The topological polar surface area (TPSA) is 20.3 Å². The summed E-state index contributed by atoms with van der Waals surface area (Å²) in [6.45, 7) is 15.1. The standard InChI is InChI=1S/C13H25NO/c1-7-12(5,6)13(10-15)8-14(9-13)11(2,3)4/h10H,7-9H2,1-6H3. The lowest BCUT2D eigenvalue weighted by molar-refractivity contribution is -0.151. The molecule has 0 unspecified atom stereocenters. The maximum absolute atomic E-state index is 11.4. The number of carbonyl (C=O) groups is 1. The number of hydrogen-bond donors (Lipinski definition) is 0. The van der Waals surface area contributed by atoms with E-state index in [9.17, 15) is 4.79 Å². The van der Waals surface area contributed by atoms with Crippen molar-refractivity contribution in [2.75, 3.05) is 13.1 Å². The molecule has 0 aliphatic carbocycles. The maximum Gasteiger partial charge on any atom is 0.129 e. The van der Waals surface area contributed by atoms with Crippen LogP contribution in [-0.4, -0.2) is 29.8 Å². The average Bonchev–Trinajstić information content (AvgIpc) is 2.00. The fraction of sp³-hybridized carbons (Fsp3) is 0.923. The van der Waals surface area contributed by atoms with Gasteiger partial charge in [-0.25, -0.2) is 0 Å². The van der Waals surface area contributed by atoms with E-state index in [4.69, 9.17) is 0 Å². The van der Waals surface area contributed by atoms with Gasteiger partial charge in [-0.2, -0.15) is 0 Å². The van der Waals surface area contributed by atoms with E-state index in [1.165, 1.54) is 6.29 Å². The van der Waals surface area contributed by atoms with E-state index in [0.29, 0.717) is 0 Å². The monoisotopic (exact) mass is 211 g/mol. The van der Waals surface area contributed by atoms with E-state index in [-0.39, 0.29) is 16.4 Å². The fourth-order valence-corrected chi connectivity index (χ4v) is 2.12. The third-order valence-electron chi connectivity index (χ3n) is 4.35. The summed E-state index contributed by atoms with van der Waals surface area (Å²) in [4.78, 5) is 13.7. The lowest BCUT2D eigenvalue weighted by atomic mass is 9.59. The highest BCUT2D eigenvalue weighted by atomic mass is 16.1. The Labute approximate surface area is 94.0 Å². The molecular formula is C13H25NO. The molecule has 2 nitrogen and oxygen atoms in total. The van der Waals surface area contributed by atoms with Gasteiger partial charge in [0.05, 0.1) is 5.41 Å². The van der Waals surface area contributed by atoms with Gasteiger partial charge in [0.15, 0.2) is 0 Å². The lowest BCUT2D eigenvalue weighted by Crippen LogP contribution is -2.68. The highest BCUT2D eigenvalue weighted by Crippen LogP contribution is 2.48. The molecule has 0 N–H and O–H groups in total. The number of rotatable bonds is 3. The van der Waals surface area contributed by atoms with E-state index in [2.05, 4.69) is 46.4 Å². The average molecular weight is 211 g/mol. The summed E-state index contributed by atoms with van der Waals surface area (Å²) in [5, 5.41) is 0. The first-order valence-electron chi connectivity index (χ1n) is 5.90. The number of carbonyl (C=O) groups excluding carboxylic acids is 1. The van der Waals surface area contributed by atoms with Crippen LogP contribution in [0.3, 0.4) is 0 Å². The van der Waals surface area contributed by atoms with Gasteiger partial charge in [0.1, 0.15) is 6.29 Å². The molecular weight excluding hydrogens is 186 g/mol. The summed E-state index contributed by atoms with van der Waals surface area (Å²) in [6, 6.07) is 0. The molecule has 1 aliphatic heterocycles. The summed E-state index contributed by atoms with van der Waals surface area (Å²) in [6.07, 6.45) is 2.25. The van der Waals surface area contributed by atoms with Crippen LogP contribution in [0.1, 0.15) is 48.0 Å². The minimum atomic E-state index is -0.116. The largest absolute Gasteiger partial charge is 0.303 e. The second kappa shape index (κ2) is 3.58. The van der Waals surface area contributed by atoms with Gasteiger partial charge in [-0.1, -0.05) is 20.8 Å². The first-order valence-corrected chi connectivity index (χ1v) is 5.90. The Morgan fingerprint density at radius 2 is 1.67 bits per heavy atom. The van der Waals surface area contributed by atoms with E-state index in [1.54, 1.807) is 0 Å². The van der Waals surface area contributed by atoms with Gasteiger partial charge in [0, 0.05) is 18.6 Å². The van der Waals surface area contributed by atoms with Crippen LogP contribution in [-0.2, 0) is 4.79 Å². The zero-order valence-corrected chi connectivity index (χ0v) is 11.1. The molecule has 1 saturated heterocycles. The van der Waals surface area contributed by atoms with E-state index in [0.717, 1.165) is 19.5 Å². The number of hydrogen-bond acceptors (Lipinski definition) is 2. The molecule has 0 atom stereocenters. The molecule has 0 aromatic rings. The van der Waals surface area contributed by atoms with Crippen LogP contribution in [0.2, 0.25) is 0 Å². The molecule has 15 heavy (non-hydrogen) atoms. The van der Waals surface area contributed by atoms with Crippen LogP contribution in [0.15, 0.2) is 0 Å². The molecule has 1 heterocycles. The highest BCUT2D eigenvalue weighted by Gasteiger charge is 2.54. The minimum Gasteiger partial charge on any atom is -0.303 e. The predicted molar refractivity (Wildman–Crippen MR) is 63.9 cm³/mol. The van der Waals surface area contributed by atoms with Crippen molar-refractivity contribution in [2.45, 2.75) is 53.5 Å². The number of likely N-dealkylation sites (tertiary alicyclic amines) is 1. The zero-order chi connectivity index (χ0) is 11.9. The summed E-state index contributed by atoms with van der Waals surface area (Å²) in [7, 11) is 0. The minimum absolute atomic E-state index is 0.116. The first kappa shape index (κ1) is 12.7. The Morgan fingerprint density at radius 3 is 1.93 bits per heavy atom. The van der Waals surface area contributed by atoms with E-state index in [1.807, 2.05) is 0 Å². The second-order valence-corrected chi connectivity index (χ2v) is 6.54. The van der Waals surface area contributed by atoms with Crippen molar-refractivity contribution in [1.29, 1.82) is 0 Å². The van der Waals surface area contributed by atoms with Gasteiger partial charge < -0.3 is 4.79 Å². The normalized spacial score (nSPS) is 22.3. The molecule has 1 rings (SSSR count). The van der Waals surface area contributed by atoms with Crippen molar-refractivity contribution in [2.24, 2.45) is 10.8 Å². The van der Waals surface area contributed by atoms with Crippen LogP contribution in [0.4, 0.5) is 0 Å². The molecule has 0 aromatic carbocycles. The molecule has 2 heteroatoms. The number of aldehydes is 1. The number of nitrogens with zero attached hydrogens (tertiary/aromatic N) is 1. The van der Waals surface area contributed by atoms with Gasteiger partial charge in [0.2, 0.25) is 0 Å². The molecule has 0 aromatic heterocycles. The van der Waals surface area contributed by atoms with Crippen LogP contribution in [0.5, 0.6) is 0 Å². The SMILES string of the molecule is CCC(C)(C)C1(C=O)CN(C(C)(C)C)C1. The van der Waals surface area contributed by atoms with Crippen LogP contribution >= 0.6 is 0 Å². The van der Waals surface area contributed by atoms with Gasteiger partial charge in [0.25, 0.3) is 0 Å². The lowest BCUT2D eigenvalue weighted by Gasteiger charge is -2.59. The summed E-state index contributed by atoms with van der Waals surface area (Å²) < 4.78 is 0. The Hall–Kier alpha value is -0.370. The van der Waals surface area contributed by atoms with Crippen molar-refractivity contribution in [3.05, 3.63) is 0 Å². The molecule has 0 radical (unpaired) electrons. The Morgan fingerprint density at radius 1 is 1.20 bits per heavy atom. The van der Waals surface area contributed by atoms with Gasteiger partial charge in [-0.3, -0.25) is 4.90 Å². The first-order chi connectivity index (χ1) is 6.68. The Balaban J connectivity index is 2.76. The van der Waals surface area contributed by atoms with Gasteiger partial charge in [-0.15, -0.1) is 0 Å². The van der Waals surface area contributed by atoms with Crippen molar-refractivity contribution >= 4 is 6.29 Å². The van der Waals surface area contributed by atoms with Crippen LogP contribution in [0, 0.1) is 10.8 Å². The fourth-order valence-electron chi connectivity index (χ4n) is 2.12. The van der Waals surface area contributed by atoms with Crippen molar-refractivity contribution < 1.29 is 4.79 Å². The summed E-state index contributed by atoms with van der Waals surface area (Å²) in [5.41, 5.74) is 0.196. The van der Waals surface area contributed by atoms with Crippen LogP contribution in [0.25, 0.3) is 0 Å². The van der Waals surface area contributed by atoms with Crippen molar-refractivity contribution in [3.63, 3.8) is 0 Å². The van der Waals surface area contributed by atoms with Crippen molar-refractivity contribution in [1.82, 2.24) is 4.90 Å². The highest BCUT2D eigenvalue weighted by molar-refractivity contribution is 5.64. The van der Waals surface area contributed by atoms with E-state index < -0.39 is 0 Å². The summed E-state index contributed by atoms with van der Waals surface area (Å²) in [5.74, 6) is 0. The Bertz CT molecular complexity index is 244. The quantitative estimate of drug-likeness (QED) is 0.669. The third-order valence-corrected chi connectivity index (χ3v) is 4.35. The maximum atomic E-state index is 11.4. The molecule has 0 bridgehead atoms. The van der Waals surface area contributed by atoms with Gasteiger partial charge in [-0.05, 0) is 32.6 Å². The Kier molecular flexibility index (Phi) is 3.03. The van der Waals surface area contributed by atoms with Crippen molar-refractivity contribution in [3.8, 4) is 0 Å². The molecule has 88 valence electrons.